The van der Waals surface area contributed by atoms with Gasteiger partial charge >= 0.3 is 0 Å². The van der Waals surface area contributed by atoms with E-state index in [1.165, 1.54) is 0 Å². The van der Waals surface area contributed by atoms with Crippen molar-refractivity contribution in [2.24, 2.45) is 0 Å². The number of benzene rings is 2. The fourth-order valence-corrected chi connectivity index (χ4v) is 2.94. The number of rotatable bonds is 6. The minimum atomic E-state index is -0.203. The van der Waals surface area contributed by atoms with Gasteiger partial charge in [-0.25, -0.2) is 0 Å². The molecule has 3 rings (SSSR count). The third kappa shape index (κ3) is 3.67. The first kappa shape index (κ1) is 17.0. The minimum absolute atomic E-state index is 0.0387. The summed E-state index contributed by atoms with van der Waals surface area (Å²) in [5.74, 6) is 0.682. The number of hydrogen-bond acceptors (Lipinski definition) is 4. The van der Waals surface area contributed by atoms with Crippen LogP contribution in [-0.4, -0.2) is 24.2 Å². The lowest BCUT2D eigenvalue weighted by atomic mass is 10.1. The number of para-hydroxylation sites is 1. The molecule has 0 radical (unpaired) electrons. The summed E-state index contributed by atoms with van der Waals surface area (Å²) in [4.78, 5) is 12.0. The molecule has 130 valence electrons. The van der Waals surface area contributed by atoms with Crippen molar-refractivity contribution >= 4 is 22.6 Å². The Morgan fingerprint density at radius 3 is 2.76 bits per heavy atom. The highest BCUT2D eigenvalue weighted by Crippen LogP contribution is 2.31. The maximum Gasteiger partial charge on any atom is 0.251 e. The molecule has 0 aliphatic heterocycles. The molecule has 5 heteroatoms. The molecule has 0 aliphatic carbocycles. The number of aliphatic hydroxyl groups is 1. The Bertz CT molecular complexity index is 886. The number of hydrogen-bond donors (Lipinski definition) is 3. The first-order valence-electron chi connectivity index (χ1n) is 8.34. The average molecular weight is 338 g/mol. The molecule has 0 fully saturated rings. The lowest BCUT2D eigenvalue weighted by Crippen LogP contribution is -2.26. The van der Waals surface area contributed by atoms with Gasteiger partial charge in [-0.2, -0.15) is 0 Å². The molecule has 0 saturated heterocycles. The zero-order valence-electron chi connectivity index (χ0n) is 14.4. The third-order valence-corrected chi connectivity index (χ3v) is 4.18. The van der Waals surface area contributed by atoms with Crippen molar-refractivity contribution in [1.29, 1.82) is 0 Å². The van der Waals surface area contributed by atoms with Crippen LogP contribution in [-0.2, 0) is 0 Å². The Morgan fingerprint density at radius 1 is 1.20 bits per heavy atom. The van der Waals surface area contributed by atoms with Crippen LogP contribution in [0.5, 0.6) is 0 Å². The second kappa shape index (κ2) is 7.40. The van der Waals surface area contributed by atoms with E-state index in [2.05, 4.69) is 23.6 Å². The van der Waals surface area contributed by atoms with Crippen LogP contribution in [0.3, 0.4) is 0 Å². The van der Waals surface area contributed by atoms with Crippen molar-refractivity contribution < 1.29 is 14.3 Å². The second-order valence-corrected chi connectivity index (χ2v) is 6.01. The van der Waals surface area contributed by atoms with Gasteiger partial charge in [0.15, 0.2) is 0 Å². The monoisotopic (exact) mass is 338 g/mol. The van der Waals surface area contributed by atoms with Gasteiger partial charge in [0, 0.05) is 28.7 Å². The van der Waals surface area contributed by atoms with E-state index in [1.807, 2.05) is 37.3 Å². The number of furan rings is 1. The summed E-state index contributed by atoms with van der Waals surface area (Å²) < 4.78 is 5.99. The zero-order chi connectivity index (χ0) is 17.8. The van der Waals surface area contributed by atoms with E-state index in [-0.39, 0.29) is 25.1 Å². The Labute approximate surface area is 146 Å². The van der Waals surface area contributed by atoms with Crippen molar-refractivity contribution in [2.75, 3.05) is 18.5 Å². The number of nitrogens with one attached hydrogen (secondary N) is 2. The maximum atomic E-state index is 12.0. The van der Waals surface area contributed by atoms with Gasteiger partial charge in [-0.05, 0) is 38.1 Å². The van der Waals surface area contributed by atoms with E-state index in [1.54, 1.807) is 12.1 Å². The van der Waals surface area contributed by atoms with Crippen LogP contribution >= 0.6 is 0 Å². The molecule has 25 heavy (non-hydrogen) atoms. The highest BCUT2D eigenvalue weighted by atomic mass is 16.3. The average Bonchev–Trinajstić information content (AvgIpc) is 2.97. The fourth-order valence-electron chi connectivity index (χ4n) is 2.94. The predicted molar refractivity (Wildman–Crippen MR) is 98.8 cm³/mol. The van der Waals surface area contributed by atoms with Gasteiger partial charge in [0.1, 0.15) is 11.3 Å². The van der Waals surface area contributed by atoms with Crippen molar-refractivity contribution in [3.8, 4) is 0 Å². The summed E-state index contributed by atoms with van der Waals surface area (Å²) in [5, 5.41) is 16.0. The van der Waals surface area contributed by atoms with E-state index in [0.29, 0.717) is 5.56 Å². The molecular formula is C20H22N2O3. The molecule has 0 spiro atoms. The lowest BCUT2D eigenvalue weighted by Gasteiger charge is -2.15. The van der Waals surface area contributed by atoms with Gasteiger partial charge in [0.2, 0.25) is 0 Å². The number of amides is 1. The van der Waals surface area contributed by atoms with Crippen LogP contribution in [0.4, 0.5) is 5.69 Å². The van der Waals surface area contributed by atoms with E-state index in [0.717, 1.165) is 28.0 Å². The summed E-state index contributed by atoms with van der Waals surface area (Å²) in [6.45, 7) is 4.25. The van der Waals surface area contributed by atoms with Gasteiger partial charge in [-0.3, -0.25) is 4.79 Å². The lowest BCUT2D eigenvalue weighted by molar-refractivity contribution is 0.0945. The van der Waals surface area contributed by atoms with E-state index in [4.69, 9.17) is 9.52 Å². The molecule has 1 amide bonds. The first-order chi connectivity index (χ1) is 12.1. The Morgan fingerprint density at radius 2 is 2.00 bits per heavy atom. The van der Waals surface area contributed by atoms with Crippen molar-refractivity contribution in [3.63, 3.8) is 0 Å². The summed E-state index contributed by atoms with van der Waals surface area (Å²) in [6.07, 6.45) is 0. The molecule has 1 atom stereocenters. The summed E-state index contributed by atoms with van der Waals surface area (Å²) >= 11 is 0. The molecule has 1 unspecified atom stereocenters. The largest absolute Gasteiger partial charge is 0.459 e. The molecule has 3 N–H and O–H groups in total. The second-order valence-electron chi connectivity index (χ2n) is 6.01. The van der Waals surface area contributed by atoms with Crippen molar-refractivity contribution in [1.82, 2.24) is 5.32 Å². The standard InChI is InChI=1S/C20H22N2O3/c1-13-17-8-3-4-9-18(17)25-19(13)14(2)22-16-7-5-6-15(12-16)20(24)21-10-11-23/h3-9,12,14,22-23H,10-11H2,1-2H3,(H,21,24). The van der Waals surface area contributed by atoms with Gasteiger partial charge in [0.05, 0.1) is 12.6 Å². The molecule has 2 aromatic carbocycles. The number of carbonyl (C=O) groups is 1. The Kier molecular flexibility index (Phi) is 5.05. The van der Waals surface area contributed by atoms with Gasteiger partial charge in [0.25, 0.3) is 5.91 Å². The summed E-state index contributed by atoms with van der Waals surface area (Å²) in [6, 6.07) is 15.2. The summed E-state index contributed by atoms with van der Waals surface area (Å²) in [7, 11) is 0. The van der Waals surface area contributed by atoms with Crippen LogP contribution in [0.2, 0.25) is 0 Å². The minimum Gasteiger partial charge on any atom is -0.459 e. The van der Waals surface area contributed by atoms with Gasteiger partial charge < -0.3 is 20.2 Å². The number of anilines is 1. The van der Waals surface area contributed by atoms with Gasteiger partial charge in [-0.15, -0.1) is 0 Å². The molecule has 5 nitrogen and oxygen atoms in total. The zero-order valence-corrected chi connectivity index (χ0v) is 14.4. The smallest absolute Gasteiger partial charge is 0.251 e. The maximum absolute atomic E-state index is 12.0. The number of fused-ring (bicyclic) bond motifs is 1. The fraction of sp³-hybridized carbons (Fsp3) is 0.250. The normalized spacial score (nSPS) is 12.1. The van der Waals surface area contributed by atoms with Gasteiger partial charge in [-0.1, -0.05) is 24.3 Å². The highest BCUT2D eigenvalue weighted by Gasteiger charge is 2.16. The van der Waals surface area contributed by atoms with Crippen LogP contribution < -0.4 is 10.6 Å². The molecular weight excluding hydrogens is 316 g/mol. The van der Waals surface area contributed by atoms with Crippen molar-refractivity contribution in [2.45, 2.75) is 19.9 Å². The van der Waals surface area contributed by atoms with Crippen LogP contribution in [0, 0.1) is 6.92 Å². The quantitative estimate of drug-likeness (QED) is 0.641. The van der Waals surface area contributed by atoms with E-state index < -0.39 is 0 Å². The molecule has 3 aromatic rings. The molecule has 0 bridgehead atoms. The van der Waals surface area contributed by atoms with Crippen LogP contribution in [0.15, 0.2) is 52.9 Å². The Balaban J connectivity index is 1.79. The highest BCUT2D eigenvalue weighted by molar-refractivity contribution is 5.95. The van der Waals surface area contributed by atoms with Crippen LogP contribution in [0.25, 0.3) is 11.0 Å². The molecule has 0 saturated carbocycles. The first-order valence-corrected chi connectivity index (χ1v) is 8.34. The molecule has 1 heterocycles. The molecule has 0 aliphatic rings. The third-order valence-electron chi connectivity index (χ3n) is 4.18. The van der Waals surface area contributed by atoms with E-state index >= 15 is 0 Å². The van der Waals surface area contributed by atoms with Crippen LogP contribution in [0.1, 0.15) is 34.6 Å². The number of aliphatic hydroxyl groups excluding tert-OH is 1. The summed E-state index contributed by atoms with van der Waals surface area (Å²) in [5.41, 5.74) is 3.38. The molecule has 1 aromatic heterocycles. The topological polar surface area (TPSA) is 74.5 Å². The van der Waals surface area contributed by atoms with Crippen molar-refractivity contribution in [3.05, 3.63) is 65.4 Å². The Hall–Kier alpha value is -2.79. The predicted octanol–water partition coefficient (Wildman–Crippen LogP) is 3.64. The number of carbonyl (C=O) groups excluding carboxylic acids is 1. The van der Waals surface area contributed by atoms with E-state index in [9.17, 15) is 4.79 Å². The number of aryl methyl sites for hydroxylation is 1. The SMILES string of the molecule is Cc1c(C(C)Nc2cccc(C(=O)NCCO)c2)oc2ccccc12.